The van der Waals surface area contributed by atoms with Crippen LogP contribution in [0.2, 0.25) is 0 Å². The molecule has 0 aliphatic carbocycles. The molecule has 2 heterocycles. The van der Waals surface area contributed by atoms with Gasteiger partial charge in [0.25, 0.3) is 0 Å². The third kappa shape index (κ3) is 3.92. The number of nitrogens with one attached hydrogen (secondary N) is 2. The van der Waals surface area contributed by atoms with Gasteiger partial charge in [-0.25, -0.2) is 0 Å². The van der Waals surface area contributed by atoms with Crippen molar-refractivity contribution in [2.24, 2.45) is 11.8 Å². The molecule has 94 valence electrons. The quantitative estimate of drug-likeness (QED) is 0.768. The lowest BCUT2D eigenvalue weighted by Gasteiger charge is -2.22. The Hall–Kier alpha value is -0.320. The van der Waals surface area contributed by atoms with Gasteiger partial charge in [-0.05, 0) is 31.7 Å². The lowest BCUT2D eigenvalue weighted by Crippen LogP contribution is -2.37. The first-order chi connectivity index (χ1) is 7.36. The Kier molecular flexibility index (Phi) is 6.09. The number of ether oxygens (including phenoxy) is 1. The van der Waals surface area contributed by atoms with Crippen molar-refractivity contribution in [3.05, 3.63) is 0 Å². The second kappa shape index (κ2) is 7.09. The van der Waals surface area contributed by atoms with Gasteiger partial charge in [0.1, 0.15) is 0 Å². The number of amides is 1. The summed E-state index contributed by atoms with van der Waals surface area (Å²) in [6.45, 7) is 4.30. The number of carbonyl (C=O) groups excluding carboxylic acids is 1. The minimum atomic E-state index is 0. The summed E-state index contributed by atoms with van der Waals surface area (Å²) in [4.78, 5) is 11.7. The van der Waals surface area contributed by atoms with Crippen LogP contribution in [0.3, 0.4) is 0 Å². The van der Waals surface area contributed by atoms with Gasteiger partial charge >= 0.3 is 0 Å². The summed E-state index contributed by atoms with van der Waals surface area (Å²) in [5, 5.41) is 6.24. The molecular weight excluding hydrogens is 228 g/mol. The van der Waals surface area contributed by atoms with E-state index in [0.717, 1.165) is 45.7 Å². The van der Waals surface area contributed by atoms with Gasteiger partial charge in [-0.2, -0.15) is 0 Å². The fraction of sp³-hybridized carbons (Fsp3) is 0.909. The highest BCUT2D eigenvalue weighted by Crippen LogP contribution is 2.13. The van der Waals surface area contributed by atoms with E-state index in [1.807, 2.05) is 0 Å². The molecule has 2 rings (SSSR count). The zero-order chi connectivity index (χ0) is 10.5. The third-order valence-corrected chi connectivity index (χ3v) is 3.25. The first-order valence-corrected chi connectivity index (χ1v) is 5.92. The van der Waals surface area contributed by atoms with Crippen LogP contribution in [0, 0.1) is 11.8 Å². The van der Waals surface area contributed by atoms with Crippen molar-refractivity contribution in [2.45, 2.75) is 19.3 Å². The normalized spacial score (nSPS) is 29.5. The summed E-state index contributed by atoms with van der Waals surface area (Å²) >= 11 is 0. The predicted molar refractivity (Wildman–Crippen MR) is 64.8 cm³/mol. The van der Waals surface area contributed by atoms with Gasteiger partial charge in [0.2, 0.25) is 5.91 Å². The van der Waals surface area contributed by atoms with Gasteiger partial charge in [0.15, 0.2) is 0 Å². The van der Waals surface area contributed by atoms with Crippen molar-refractivity contribution in [3.63, 3.8) is 0 Å². The molecule has 0 bridgehead atoms. The largest absolute Gasteiger partial charge is 0.381 e. The number of halogens is 1. The topological polar surface area (TPSA) is 50.4 Å². The predicted octanol–water partition coefficient (Wildman–Crippen LogP) is 0.560. The summed E-state index contributed by atoms with van der Waals surface area (Å²) in [5.41, 5.74) is 0. The van der Waals surface area contributed by atoms with E-state index >= 15 is 0 Å². The standard InChI is InChI=1S/C11H20N2O2.ClH/c14-11(10-3-4-12-7-10)13-6-9-2-1-5-15-8-9;/h9-10,12H,1-8H2,(H,13,14);1H. The molecule has 1 amide bonds. The second-order valence-corrected chi connectivity index (χ2v) is 4.52. The Morgan fingerprint density at radius 2 is 2.31 bits per heavy atom. The van der Waals surface area contributed by atoms with Crippen LogP contribution in [0.15, 0.2) is 0 Å². The molecule has 5 heteroatoms. The molecular formula is C11H21ClN2O2. The van der Waals surface area contributed by atoms with Crippen LogP contribution >= 0.6 is 12.4 Å². The van der Waals surface area contributed by atoms with E-state index in [-0.39, 0.29) is 24.2 Å². The van der Waals surface area contributed by atoms with Crippen molar-refractivity contribution in [1.82, 2.24) is 10.6 Å². The highest BCUT2D eigenvalue weighted by atomic mass is 35.5. The van der Waals surface area contributed by atoms with Crippen molar-refractivity contribution in [3.8, 4) is 0 Å². The first kappa shape index (κ1) is 13.7. The molecule has 2 aliphatic heterocycles. The summed E-state index contributed by atoms with van der Waals surface area (Å²) in [6.07, 6.45) is 3.29. The van der Waals surface area contributed by atoms with Gasteiger partial charge in [-0.1, -0.05) is 0 Å². The lowest BCUT2D eigenvalue weighted by atomic mass is 10.0. The smallest absolute Gasteiger partial charge is 0.224 e. The van der Waals surface area contributed by atoms with E-state index in [0.29, 0.717) is 5.92 Å². The Morgan fingerprint density at radius 1 is 1.44 bits per heavy atom. The van der Waals surface area contributed by atoms with E-state index in [1.165, 1.54) is 6.42 Å². The van der Waals surface area contributed by atoms with Crippen LogP contribution in [0.5, 0.6) is 0 Å². The molecule has 0 aromatic carbocycles. The maximum Gasteiger partial charge on any atom is 0.224 e. The van der Waals surface area contributed by atoms with Crippen LogP contribution in [-0.2, 0) is 9.53 Å². The number of carbonyl (C=O) groups is 1. The maximum absolute atomic E-state index is 11.7. The van der Waals surface area contributed by atoms with Crippen molar-refractivity contribution < 1.29 is 9.53 Å². The zero-order valence-corrected chi connectivity index (χ0v) is 10.4. The Balaban J connectivity index is 0.00000128. The monoisotopic (exact) mass is 248 g/mol. The molecule has 0 aromatic heterocycles. The molecule has 0 saturated carbocycles. The van der Waals surface area contributed by atoms with Crippen LogP contribution in [0.4, 0.5) is 0 Å². The second-order valence-electron chi connectivity index (χ2n) is 4.52. The number of hydrogen-bond acceptors (Lipinski definition) is 3. The minimum absolute atomic E-state index is 0. The van der Waals surface area contributed by atoms with Gasteiger partial charge in [0.05, 0.1) is 12.5 Å². The summed E-state index contributed by atoms with van der Waals surface area (Å²) in [7, 11) is 0. The molecule has 2 aliphatic rings. The van der Waals surface area contributed by atoms with Crippen LogP contribution in [-0.4, -0.2) is 38.8 Å². The van der Waals surface area contributed by atoms with Crippen LogP contribution in [0.25, 0.3) is 0 Å². The molecule has 0 spiro atoms. The van der Waals surface area contributed by atoms with E-state index in [2.05, 4.69) is 10.6 Å². The summed E-state index contributed by atoms with van der Waals surface area (Å²) < 4.78 is 5.38. The fourth-order valence-electron chi connectivity index (χ4n) is 2.24. The number of hydrogen-bond donors (Lipinski definition) is 2. The lowest BCUT2D eigenvalue weighted by molar-refractivity contribution is -0.124. The van der Waals surface area contributed by atoms with Gasteiger partial charge < -0.3 is 15.4 Å². The Labute approximate surface area is 103 Å². The van der Waals surface area contributed by atoms with Crippen LogP contribution in [0.1, 0.15) is 19.3 Å². The first-order valence-electron chi connectivity index (χ1n) is 5.92. The van der Waals surface area contributed by atoms with Crippen molar-refractivity contribution >= 4 is 18.3 Å². The van der Waals surface area contributed by atoms with Gasteiger partial charge in [-0.3, -0.25) is 4.79 Å². The fourth-order valence-corrected chi connectivity index (χ4v) is 2.24. The maximum atomic E-state index is 11.7. The molecule has 2 saturated heterocycles. The van der Waals surface area contributed by atoms with E-state index in [4.69, 9.17) is 4.74 Å². The molecule has 0 aromatic rings. The summed E-state index contributed by atoms with van der Waals surface area (Å²) in [5.74, 6) is 0.928. The van der Waals surface area contributed by atoms with Crippen molar-refractivity contribution in [1.29, 1.82) is 0 Å². The minimum Gasteiger partial charge on any atom is -0.381 e. The van der Waals surface area contributed by atoms with Crippen LogP contribution < -0.4 is 10.6 Å². The van der Waals surface area contributed by atoms with Gasteiger partial charge in [-0.15, -0.1) is 12.4 Å². The van der Waals surface area contributed by atoms with E-state index < -0.39 is 0 Å². The van der Waals surface area contributed by atoms with E-state index in [9.17, 15) is 4.79 Å². The third-order valence-electron chi connectivity index (χ3n) is 3.25. The average Bonchev–Trinajstić information content (AvgIpc) is 2.81. The molecule has 0 radical (unpaired) electrons. The Morgan fingerprint density at radius 3 is 2.94 bits per heavy atom. The van der Waals surface area contributed by atoms with Crippen molar-refractivity contribution in [2.75, 3.05) is 32.8 Å². The summed E-state index contributed by atoms with van der Waals surface area (Å²) in [6, 6.07) is 0. The average molecular weight is 249 g/mol. The highest BCUT2D eigenvalue weighted by molar-refractivity contribution is 5.85. The number of rotatable bonds is 3. The molecule has 2 unspecified atom stereocenters. The zero-order valence-electron chi connectivity index (χ0n) is 9.54. The highest BCUT2D eigenvalue weighted by Gasteiger charge is 2.23. The SMILES string of the molecule is Cl.O=C(NCC1CCCOC1)C1CCNC1. The molecule has 2 atom stereocenters. The molecule has 4 nitrogen and oxygen atoms in total. The Bertz CT molecular complexity index is 214. The molecule has 2 N–H and O–H groups in total. The van der Waals surface area contributed by atoms with E-state index in [1.54, 1.807) is 0 Å². The van der Waals surface area contributed by atoms with Gasteiger partial charge in [0, 0.05) is 19.7 Å². The molecule has 2 fully saturated rings. The molecule has 16 heavy (non-hydrogen) atoms.